The van der Waals surface area contributed by atoms with Crippen LogP contribution in [0.25, 0.3) is 16.8 Å². The molecule has 0 saturated carbocycles. The second-order valence-electron chi connectivity index (χ2n) is 8.11. The third-order valence-electron chi connectivity index (χ3n) is 6.16. The van der Waals surface area contributed by atoms with Crippen LogP contribution in [0.3, 0.4) is 0 Å². The monoisotopic (exact) mass is 491 g/mol. The van der Waals surface area contributed by atoms with Gasteiger partial charge in [0, 0.05) is 22.8 Å². The first-order valence-electron chi connectivity index (χ1n) is 10.9. The van der Waals surface area contributed by atoms with E-state index in [0.29, 0.717) is 28.1 Å². The van der Waals surface area contributed by atoms with Gasteiger partial charge < -0.3 is 9.47 Å². The largest absolute Gasteiger partial charge is 0.311 e. The van der Waals surface area contributed by atoms with Crippen LogP contribution in [0.1, 0.15) is 11.1 Å². The maximum absolute atomic E-state index is 14.5. The number of hydrogen-bond acceptors (Lipinski definition) is 4. The van der Waals surface area contributed by atoms with E-state index < -0.39 is 0 Å². The van der Waals surface area contributed by atoms with E-state index in [1.165, 1.54) is 23.4 Å². The van der Waals surface area contributed by atoms with Gasteiger partial charge in [0.25, 0.3) is 0 Å². The molecule has 0 fully saturated rings. The Balaban J connectivity index is 1.33. The number of carbonyl (C=O) groups excluding carboxylic acids is 1. The van der Waals surface area contributed by atoms with Crippen molar-refractivity contribution in [2.24, 2.45) is 0 Å². The van der Waals surface area contributed by atoms with Gasteiger partial charge in [-0.05, 0) is 42.3 Å². The summed E-state index contributed by atoms with van der Waals surface area (Å²) in [5, 5.41) is 9.72. The van der Waals surface area contributed by atoms with Gasteiger partial charge in [-0.15, -0.1) is 10.2 Å². The summed E-state index contributed by atoms with van der Waals surface area (Å²) in [6.45, 7) is 0.908. The first-order valence-corrected chi connectivity index (χ1v) is 12.2. The topological polar surface area (TPSA) is 55.4 Å². The molecule has 0 N–H and O–H groups in total. The Morgan fingerprint density at radius 3 is 2.65 bits per heavy atom. The van der Waals surface area contributed by atoms with E-state index in [4.69, 9.17) is 11.6 Å². The molecule has 1 aliphatic heterocycles. The number of fused-ring (bicyclic) bond motifs is 4. The first kappa shape index (κ1) is 21.2. The van der Waals surface area contributed by atoms with Crippen LogP contribution in [0.15, 0.2) is 71.9 Å². The Bertz CT molecular complexity index is 1540. The summed E-state index contributed by atoms with van der Waals surface area (Å²) in [7, 11) is 0. The smallest absolute Gasteiger partial charge is 0.237 e. The van der Waals surface area contributed by atoms with Gasteiger partial charge in [-0.25, -0.2) is 4.39 Å². The summed E-state index contributed by atoms with van der Waals surface area (Å²) in [6, 6.07) is 20.5. The van der Waals surface area contributed by atoms with Gasteiger partial charge in [0.05, 0.1) is 23.3 Å². The molecule has 0 aliphatic carbocycles. The van der Waals surface area contributed by atoms with Crippen LogP contribution in [0, 0.1) is 5.82 Å². The third kappa shape index (κ3) is 3.45. The molecule has 9 heteroatoms. The zero-order chi connectivity index (χ0) is 23.2. The molecular weight excluding hydrogens is 473 g/mol. The van der Waals surface area contributed by atoms with Crippen molar-refractivity contribution in [2.75, 3.05) is 17.2 Å². The van der Waals surface area contributed by atoms with Crippen molar-refractivity contribution in [3.63, 3.8) is 0 Å². The van der Waals surface area contributed by atoms with E-state index in [2.05, 4.69) is 16.3 Å². The molecular formula is C25H19ClFN5OS. The normalized spacial score (nSPS) is 13.2. The first-order chi connectivity index (χ1) is 16.6. The standard InChI is InChI=1S/C25H19ClFN5OS/c26-18-7-5-8-19(27)17(18)14-31-21-10-3-4-11-22(21)32-24(31)28-29-25(32)34-15-23(33)30-13-12-16-6-1-2-9-20(16)30/h1-11H,12-15H2. The fourth-order valence-corrected chi connectivity index (χ4v) is 5.57. The number of para-hydroxylation sites is 3. The van der Waals surface area contributed by atoms with Crippen LogP contribution >= 0.6 is 23.4 Å². The molecule has 34 heavy (non-hydrogen) atoms. The summed E-state index contributed by atoms with van der Waals surface area (Å²) in [4.78, 5) is 14.8. The van der Waals surface area contributed by atoms with E-state index in [1.807, 2.05) is 56.3 Å². The second kappa shape index (κ2) is 8.45. The number of halogens is 2. The number of imidazole rings is 1. The molecule has 0 bridgehead atoms. The molecule has 3 heterocycles. The second-order valence-corrected chi connectivity index (χ2v) is 9.46. The predicted octanol–water partition coefficient (Wildman–Crippen LogP) is 5.21. The van der Waals surface area contributed by atoms with Crippen molar-refractivity contribution in [1.82, 2.24) is 19.2 Å². The van der Waals surface area contributed by atoms with E-state index in [-0.39, 0.29) is 24.0 Å². The predicted molar refractivity (Wildman–Crippen MR) is 132 cm³/mol. The summed E-state index contributed by atoms with van der Waals surface area (Å²) in [6.07, 6.45) is 0.869. The lowest BCUT2D eigenvalue weighted by molar-refractivity contribution is -0.116. The molecule has 1 aliphatic rings. The number of amides is 1. The minimum absolute atomic E-state index is 0.0357. The van der Waals surface area contributed by atoms with Crippen molar-refractivity contribution < 1.29 is 9.18 Å². The van der Waals surface area contributed by atoms with E-state index in [1.54, 1.807) is 12.1 Å². The lowest BCUT2D eigenvalue weighted by Crippen LogP contribution is -2.30. The molecule has 0 radical (unpaired) electrons. The van der Waals surface area contributed by atoms with Crippen molar-refractivity contribution in [3.8, 4) is 0 Å². The Labute approximate surface area is 204 Å². The van der Waals surface area contributed by atoms with Crippen molar-refractivity contribution in [1.29, 1.82) is 0 Å². The molecule has 2 aromatic heterocycles. The van der Waals surface area contributed by atoms with Gasteiger partial charge in [0.2, 0.25) is 11.7 Å². The van der Waals surface area contributed by atoms with E-state index >= 15 is 0 Å². The fourth-order valence-electron chi connectivity index (χ4n) is 4.53. The van der Waals surface area contributed by atoms with Gasteiger partial charge in [0.15, 0.2) is 5.16 Å². The maximum Gasteiger partial charge on any atom is 0.237 e. The van der Waals surface area contributed by atoms with Gasteiger partial charge in [0.1, 0.15) is 5.82 Å². The number of thioether (sulfide) groups is 1. The highest BCUT2D eigenvalue weighted by molar-refractivity contribution is 7.99. The Morgan fingerprint density at radius 2 is 1.79 bits per heavy atom. The van der Waals surface area contributed by atoms with Crippen LogP contribution in [0.2, 0.25) is 5.02 Å². The van der Waals surface area contributed by atoms with Gasteiger partial charge in [-0.3, -0.25) is 9.20 Å². The summed E-state index contributed by atoms with van der Waals surface area (Å²) < 4.78 is 18.3. The highest BCUT2D eigenvalue weighted by Crippen LogP contribution is 2.31. The minimum Gasteiger partial charge on any atom is -0.311 e. The van der Waals surface area contributed by atoms with Crippen molar-refractivity contribution in [2.45, 2.75) is 18.1 Å². The number of carbonyl (C=O) groups is 1. The summed E-state index contributed by atoms with van der Waals surface area (Å²) >= 11 is 7.65. The number of aromatic nitrogens is 4. The molecule has 5 aromatic rings. The number of hydrogen-bond donors (Lipinski definition) is 0. The lowest BCUT2D eigenvalue weighted by Gasteiger charge is -2.16. The van der Waals surface area contributed by atoms with Gasteiger partial charge >= 0.3 is 0 Å². The van der Waals surface area contributed by atoms with Crippen LogP contribution < -0.4 is 4.90 Å². The van der Waals surface area contributed by atoms with Crippen LogP contribution in [0.5, 0.6) is 0 Å². The molecule has 1 amide bonds. The third-order valence-corrected chi connectivity index (χ3v) is 7.43. The lowest BCUT2D eigenvalue weighted by atomic mass is 10.2. The highest BCUT2D eigenvalue weighted by atomic mass is 35.5. The van der Waals surface area contributed by atoms with E-state index in [9.17, 15) is 9.18 Å². The zero-order valence-electron chi connectivity index (χ0n) is 18.0. The number of rotatable bonds is 5. The number of benzene rings is 3. The average molecular weight is 492 g/mol. The fraction of sp³-hybridized carbons (Fsp3) is 0.160. The van der Waals surface area contributed by atoms with Gasteiger partial charge in [-0.2, -0.15) is 0 Å². The van der Waals surface area contributed by atoms with E-state index in [0.717, 1.165) is 23.1 Å². The van der Waals surface area contributed by atoms with Crippen LogP contribution in [-0.4, -0.2) is 37.4 Å². The van der Waals surface area contributed by atoms with Crippen molar-refractivity contribution in [3.05, 3.63) is 88.7 Å². The zero-order valence-corrected chi connectivity index (χ0v) is 19.6. The molecule has 6 nitrogen and oxygen atoms in total. The maximum atomic E-state index is 14.5. The Hall–Kier alpha value is -3.36. The van der Waals surface area contributed by atoms with Crippen LogP contribution in [0.4, 0.5) is 10.1 Å². The number of nitrogens with zero attached hydrogens (tertiary/aromatic N) is 5. The molecule has 0 atom stereocenters. The summed E-state index contributed by atoms with van der Waals surface area (Å²) in [5.41, 5.74) is 4.34. The van der Waals surface area contributed by atoms with Crippen molar-refractivity contribution >= 4 is 51.8 Å². The molecule has 0 unspecified atom stereocenters. The Morgan fingerprint density at radius 1 is 1.00 bits per heavy atom. The quantitative estimate of drug-likeness (QED) is 0.317. The molecule has 3 aromatic carbocycles. The average Bonchev–Trinajstić information content (AvgIpc) is 3.54. The molecule has 0 spiro atoms. The molecule has 0 saturated heterocycles. The van der Waals surface area contributed by atoms with Crippen LogP contribution in [-0.2, 0) is 17.8 Å². The van der Waals surface area contributed by atoms with Gasteiger partial charge in [-0.1, -0.05) is 59.8 Å². The SMILES string of the molecule is O=C(CSc1nnc2n(Cc3c(F)cccc3Cl)c3ccccc3n12)N1CCc2ccccc21. The minimum atomic E-state index is -0.367. The molecule has 170 valence electrons. The Kier molecular flexibility index (Phi) is 5.27. The summed E-state index contributed by atoms with van der Waals surface area (Å²) in [5.74, 6) is 0.484. The number of anilines is 1. The highest BCUT2D eigenvalue weighted by Gasteiger charge is 2.25. The molecule has 6 rings (SSSR count).